The highest BCUT2D eigenvalue weighted by Gasteiger charge is 2.27. The number of carbonyl (C=O) groups excluding carboxylic acids is 2. The second-order valence-electron chi connectivity index (χ2n) is 10.4. The summed E-state index contributed by atoms with van der Waals surface area (Å²) in [5, 5.41) is 0. The van der Waals surface area contributed by atoms with Gasteiger partial charge in [-0.05, 0) is 64.3 Å². The lowest BCUT2D eigenvalue weighted by molar-refractivity contribution is -0.120. The molecule has 1 aromatic heterocycles. The van der Waals surface area contributed by atoms with Crippen LogP contribution in [0.1, 0.15) is 53.3 Å². The number of hydrogen-bond donors (Lipinski definition) is 0. The number of rotatable bonds is 5. The quantitative estimate of drug-likeness (QED) is 0.482. The summed E-state index contributed by atoms with van der Waals surface area (Å²) in [4.78, 5) is 42.3. The Bertz CT molecular complexity index is 1290. The molecule has 2 heterocycles. The van der Waals surface area contributed by atoms with Gasteiger partial charge in [0.1, 0.15) is 11.6 Å². The summed E-state index contributed by atoms with van der Waals surface area (Å²) < 4.78 is 5.85. The van der Waals surface area contributed by atoms with Gasteiger partial charge >= 0.3 is 0 Å². The number of anilines is 1. The van der Waals surface area contributed by atoms with Crippen LogP contribution in [-0.4, -0.2) is 70.4 Å². The van der Waals surface area contributed by atoms with Crippen LogP contribution in [-0.2, 0) is 11.3 Å². The summed E-state index contributed by atoms with van der Waals surface area (Å²) in [6.45, 7) is 13.0. The van der Waals surface area contributed by atoms with Crippen LogP contribution in [0.4, 0.5) is 5.69 Å². The molecule has 4 rings (SSSR count). The zero-order valence-corrected chi connectivity index (χ0v) is 23.7. The predicted octanol–water partition coefficient (Wildman–Crippen LogP) is 4.57. The number of amides is 2. The van der Waals surface area contributed by atoms with Crippen LogP contribution in [0.5, 0.6) is 5.75 Å². The summed E-state index contributed by atoms with van der Waals surface area (Å²) >= 11 is 0. The molecular formula is C31H39N5O3. The number of fused-ring (bicyclic) bond motifs is 1. The van der Waals surface area contributed by atoms with Gasteiger partial charge in [0.05, 0.1) is 16.9 Å². The fraction of sp³-hybridized carbons (Fsp3) is 0.419. The zero-order valence-electron chi connectivity index (χ0n) is 23.7. The van der Waals surface area contributed by atoms with Crippen molar-refractivity contribution in [2.75, 3.05) is 37.7 Å². The molecule has 206 valence electrons. The van der Waals surface area contributed by atoms with E-state index in [1.165, 1.54) is 0 Å². The van der Waals surface area contributed by atoms with Gasteiger partial charge in [-0.2, -0.15) is 0 Å². The van der Waals surface area contributed by atoms with E-state index in [4.69, 9.17) is 4.74 Å². The normalized spacial score (nSPS) is 15.0. The lowest BCUT2D eigenvalue weighted by atomic mass is 10.0. The molecule has 2 amide bonds. The number of aromatic nitrogens is 2. The van der Waals surface area contributed by atoms with E-state index in [2.05, 4.69) is 28.7 Å². The maximum absolute atomic E-state index is 13.9. The number of aryl methyl sites for hydroxylation is 3. The van der Waals surface area contributed by atoms with Crippen molar-refractivity contribution < 1.29 is 14.3 Å². The summed E-state index contributed by atoms with van der Waals surface area (Å²) in [6.07, 6.45) is 2.43. The maximum atomic E-state index is 13.9. The number of nitrogens with zero attached hydrogens (tertiary/aromatic N) is 5. The molecular weight excluding hydrogens is 490 g/mol. The standard InChI is InChI=1S/C31H39N5O3/c1-22(2)34-15-10-16-36(29(37)21-39-27-13-7-6-8-14-27)30-23(3)11-9-12-26(30)20-35(18-17-34)31(38)28-19-32-25(5)33-24(28)4/h6-9,11-14,19,22H,10,15-18,20-21H2,1-5H3. The largest absolute Gasteiger partial charge is 0.484 e. The van der Waals surface area contributed by atoms with Gasteiger partial charge in [0.15, 0.2) is 6.61 Å². The van der Waals surface area contributed by atoms with E-state index in [9.17, 15) is 9.59 Å². The Kier molecular flexibility index (Phi) is 9.30. The van der Waals surface area contributed by atoms with Crippen LogP contribution in [0.15, 0.2) is 54.7 Å². The van der Waals surface area contributed by atoms with Crippen molar-refractivity contribution in [3.63, 3.8) is 0 Å². The van der Waals surface area contributed by atoms with E-state index in [-0.39, 0.29) is 18.4 Å². The molecule has 0 bridgehead atoms. The fourth-order valence-corrected chi connectivity index (χ4v) is 5.07. The number of para-hydroxylation sites is 2. The van der Waals surface area contributed by atoms with Crippen molar-refractivity contribution in [2.45, 2.75) is 53.6 Å². The van der Waals surface area contributed by atoms with Gasteiger partial charge in [-0.25, -0.2) is 9.97 Å². The monoisotopic (exact) mass is 529 g/mol. The number of carbonyl (C=O) groups is 2. The van der Waals surface area contributed by atoms with Crippen LogP contribution in [0.3, 0.4) is 0 Å². The smallest absolute Gasteiger partial charge is 0.264 e. The van der Waals surface area contributed by atoms with Crippen molar-refractivity contribution in [3.8, 4) is 5.75 Å². The van der Waals surface area contributed by atoms with Gasteiger partial charge in [-0.3, -0.25) is 14.5 Å². The zero-order chi connectivity index (χ0) is 27.9. The third-order valence-corrected chi connectivity index (χ3v) is 7.19. The van der Waals surface area contributed by atoms with Crippen molar-refractivity contribution in [1.82, 2.24) is 19.8 Å². The Labute approximate surface area is 231 Å². The first-order valence-electron chi connectivity index (χ1n) is 13.6. The third kappa shape index (κ3) is 7.00. The van der Waals surface area contributed by atoms with Crippen LogP contribution in [0.2, 0.25) is 0 Å². The van der Waals surface area contributed by atoms with Crippen molar-refractivity contribution in [2.24, 2.45) is 0 Å². The Morgan fingerprint density at radius 3 is 2.44 bits per heavy atom. The van der Waals surface area contributed by atoms with E-state index >= 15 is 0 Å². The number of hydrogen-bond acceptors (Lipinski definition) is 6. The van der Waals surface area contributed by atoms with Crippen molar-refractivity contribution >= 4 is 17.5 Å². The topological polar surface area (TPSA) is 78.9 Å². The van der Waals surface area contributed by atoms with Crippen molar-refractivity contribution in [3.05, 3.63) is 82.9 Å². The Hall–Kier alpha value is -3.78. The molecule has 8 heteroatoms. The maximum Gasteiger partial charge on any atom is 0.264 e. The molecule has 0 N–H and O–H groups in total. The van der Waals surface area contributed by atoms with Crippen LogP contribution in [0, 0.1) is 20.8 Å². The minimum Gasteiger partial charge on any atom is -0.484 e. The number of benzene rings is 2. The first-order chi connectivity index (χ1) is 18.7. The molecule has 0 fully saturated rings. The molecule has 39 heavy (non-hydrogen) atoms. The third-order valence-electron chi connectivity index (χ3n) is 7.19. The summed E-state index contributed by atoms with van der Waals surface area (Å²) in [7, 11) is 0. The Balaban J connectivity index is 1.70. The first-order valence-corrected chi connectivity index (χ1v) is 13.6. The van der Waals surface area contributed by atoms with Crippen molar-refractivity contribution in [1.29, 1.82) is 0 Å². The minimum atomic E-state index is -0.106. The van der Waals surface area contributed by atoms with Crippen LogP contribution >= 0.6 is 0 Å². The molecule has 0 unspecified atom stereocenters. The fourth-order valence-electron chi connectivity index (χ4n) is 5.07. The highest BCUT2D eigenvalue weighted by atomic mass is 16.5. The van der Waals surface area contributed by atoms with Gasteiger partial charge in [-0.1, -0.05) is 36.4 Å². The first kappa shape index (κ1) is 28.2. The molecule has 0 radical (unpaired) electrons. The molecule has 1 aliphatic rings. The lowest BCUT2D eigenvalue weighted by Crippen LogP contribution is -2.41. The van der Waals surface area contributed by atoms with Gasteiger partial charge in [0.25, 0.3) is 11.8 Å². The molecule has 0 spiro atoms. The molecule has 2 aromatic carbocycles. The van der Waals surface area contributed by atoms with Gasteiger partial charge < -0.3 is 14.5 Å². The molecule has 3 aromatic rings. The second kappa shape index (κ2) is 12.8. The van der Waals surface area contributed by atoms with Crippen LogP contribution in [0.25, 0.3) is 0 Å². The molecule has 0 saturated carbocycles. The SMILES string of the molecule is Cc1ncc(C(=O)N2CCN(C(C)C)CCCN(C(=O)COc3ccccc3)c3c(C)cccc3C2)c(C)n1. The van der Waals surface area contributed by atoms with Crippen LogP contribution < -0.4 is 9.64 Å². The predicted molar refractivity (Wildman–Crippen MR) is 153 cm³/mol. The van der Waals surface area contributed by atoms with Gasteiger partial charge in [0.2, 0.25) is 0 Å². The second-order valence-corrected chi connectivity index (χ2v) is 10.4. The highest BCUT2D eigenvalue weighted by molar-refractivity contribution is 5.97. The van der Waals surface area contributed by atoms with E-state index in [0.29, 0.717) is 48.5 Å². The lowest BCUT2D eigenvalue weighted by Gasteiger charge is -2.30. The minimum absolute atomic E-state index is 0.0613. The summed E-state index contributed by atoms with van der Waals surface area (Å²) in [6, 6.07) is 15.7. The van der Waals surface area contributed by atoms with Gasteiger partial charge in [-0.15, -0.1) is 0 Å². The molecule has 0 saturated heterocycles. The average Bonchev–Trinajstić information content (AvgIpc) is 2.95. The molecule has 1 aliphatic heterocycles. The van der Waals surface area contributed by atoms with Gasteiger partial charge in [0, 0.05) is 45.0 Å². The molecule has 0 atom stereocenters. The number of ether oxygens (including phenoxy) is 1. The van der Waals surface area contributed by atoms with E-state index in [0.717, 1.165) is 36.3 Å². The average molecular weight is 530 g/mol. The van der Waals surface area contributed by atoms with E-state index in [1.807, 2.05) is 79.1 Å². The molecule has 0 aliphatic carbocycles. The highest BCUT2D eigenvalue weighted by Crippen LogP contribution is 2.29. The summed E-state index contributed by atoms with van der Waals surface area (Å²) in [5.74, 6) is 1.09. The Morgan fingerprint density at radius 2 is 1.72 bits per heavy atom. The van der Waals surface area contributed by atoms with E-state index < -0.39 is 0 Å². The Morgan fingerprint density at radius 1 is 0.949 bits per heavy atom. The molecule has 8 nitrogen and oxygen atoms in total. The summed E-state index contributed by atoms with van der Waals surface area (Å²) in [5.41, 5.74) is 3.95. The van der Waals surface area contributed by atoms with E-state index in [1.54, 1.807) is 6.20 Å².